The second-order valence-corrected chi connectivity index (χ2v) is 4.05. The Balaban J connectivity index is 2.96. The fraction of sp³-hybridized carbons (Fsp3) is 0.556. The predicted molar refractivity (Wildman–Crippen MR) is 51.5 cm³/mol. The van der Waals surface area contributed by atoms with Crippen molar-refractivity contribution in [3.63, 3.8) is 0 Å². The molecule has 80 valence electrons. The van der Waals surface area contributed by atoms with Crippen LogP contribution in [0.25, 0.3) is 0 Å². The molecule has 0 nitrogen and oxygen atoms in total. The largest absolute Gasteiger partial charge is 0.416 e. The average molecular weight is 245 g/mol. The molecule has 14 heavy (non-hydrogen) atoms. The predicted octanol–water partition coefficient (Wildman–Crippen LogP) is 4.25. The van der Waals surface area contributed by atoms with E-state index < -0.39 is 17.1 Å². The van der Waals surface area contributed by atoms with E-state index >= 15 is 0 Å². The first-order valence-electron chi connectivity index (χ1n) is 4.16. The molecule has 0 bridgehead atoms. The van der Waals surface area contributed by atoms with Gasteiger partial charge in [-0.2, -0.15) is 13.2 Å². The Kier molecular flexibility index (Phi) is 3.53. The molecule has 0 aromatic heterocycles. The van der Waals surface area contributed by atoms with Crippen molar-refractivity contribution < 1.29 is 13.2 Å². The summed E-state index contributed by atoms with van der Waals surface area (Å²) in [5.74, 6) is -0.204. The van der Waals surface area contributed by atoms with Crippen LogP contribution in [-0.2, 0) is 0 Å². The van der Waals surface area contributed by atoms with Gasteiger partial charge in [0.1, 0.15) is 0 Å². The molecule has 2 atom stereocenters. The molecular formula is C9H9Cl2F3. The second kappa shape index (κ2) is 4.15. The molecular weight excluding hydrogens is 236 g/mol. The van der Waals surface area contributed by atoms with Gasteiger partial charge in [0.25, 0.3) is 0 Å². The van der Waals surface area contributed by atoms with Gasteiger partial charge in [-0.25, -0.2) is 0 Å². The van der Waals surface area contributed by atoms with Crippen molar-refractivity contribution in [1.82, 2.24) is 0 Å². The van der Waals surface area contributed by atoms with Gasteiger partial charge < -0.3 is 0 Å². The summed E-state index contributed by atoms with van der Waals surface area (Å²) >= 11 is 11.5. The van der Waals surface area contributed by atoms with Crippen molar-refractivity contribution in [2.24, 2.45) is 5.92 Å². The molecule has 0 heterocycles. The average Bonchev–Trinajstić information content (AvgIpc) is 2.01. The lowest BCUT2D eigenvalue weighted by Crippen LogP contribution is -2.21. The molecule has 0 saturated carbocycles. The molecule has 0 saturated heterocycles. The number of rotatable bonds is 1. The van der Waals surface area contributed by atoms with Crippen LogP contribution in [0.2, 0.25) is 0 Å². The Morgan fingerprint density at radius 3 is 2.36 bits per heavy atom. The normalized spacial score (nSPS) is 28.4. The van der Waals surface area contributed by atoms with E-state index in [9.17, 15) is 13.2 Å². The summed E-state index contributed by atoms with van der Waals surface area (Å²) in [6, 6.07) is 0. The molecule has 0 radical (unpaired) electrons. The highest BCUT2D eigenvalue weighted by atomic mass is 35.5. The van der Waals surface area contributed by atoms with Crippen LogP contribution in [0, 0.1) is 5.92 Å². The minimum absolute atomic E-state index is 0.183. The monoisotopic (exact) mass is 244 g/mol. The Labute approximate surface area is 90.4 Å². The second-order valence-electron chi connectivity index (χ2n) is 3.11. The topological polar surface area (TPSA) is 0 Å². The van der Waals surface area contributed by atoms with Crippen LogP contribution in [-0.4, -0.2) is 11.6 Å². The summed E-state index contributed by atoms with van der Waals surface area (Å²) in [7, 11) is 0. The molecule has 1 rings (SSSR count). The van der Waals surface area contributed by atoms with Gasteiger partial charge in [-0.1, -0.05) is 24.6 Å². The van der Waals surface area contributed by atoms with Crippen molar-refractivity contribution >= 4 is 23.2 Å². The summed E-state index contributed by atoms with van der Waals surface area (Å²) in [6.07, 6.45) is -1.77. The minimum Gasteiger partial charge on any atom is -0.166 e. The SMILES string of the molecule is CCC1C(Cl)=CC(C(F)(F)F)=CC1Cl. The lowest BCUT2D eigenvalue weighted by atomic mass is 9.93. The van der Waals surface area contributed by atoms with Gasteiger partial charge in [0.2, 0.25) is 0 Å². The third-order valence-electron chi connectivity index (χ3n) is 2.14. The van der Waals surface area contributed by atoms with Gasteiger partial charge in [-0.05, 0) is 12.5 Å². The summed E-state index contributed by atoms with van der Waals surface area (Å²) in [5.41, 5.74) is -0.757. The van der Waals surface area contributed by atoms with Gasteiger partial charge in [0, 0.05) is 11.0 Å². The summed E-state index contributed by atoms with van der Waals surface area (Å²) in [4.78, 5) is 0. The molecule has 5 heteroatoms. The third kappa shape index (κ3) is 2.45. The molecule has 0 aromatic carbocycles. The highest BCUT2D eigenvalue weighted by Gasteiger charge is 2.36. The van der Waals surface area contributed by atoms with E-state index in [1.807, 2.05) is 6.92 Å². The van der Waals surface area contributed by atoms with Crippen molar-refractivity contribution in [3.8, 4) is 0 Å². The zero-order valence-corrected chi connectivity index (χ0v) is 8.92. The van der Waals surface area contributed by atoms with E-state index in [0.717, 1.165) is 12.2 Å². The summed E-state index contributed by atoms with van der Waals surface area (Å²) < 4.78 is 36.9. The lowest BCUT2D eigenvalue weighted by Gasteiger charge is -2.24. The number of alkyl halides is 4. The van der Waals surface area contributed by atoms with Crippen LogP contribution in [0.4, 0.5) is 13.2 Å². The van der Waals surface area contributed by atoms with E-state index in [-0.39, 0.29) is 11.0 Å². The maximum Gasteiger partial charge on any atom is 0.416 e. The first-order chi connectivity index (χ1) is 6.36. The van der Waals surface area contributed by atoms with Gasteiger partial charge in [-0.15, -0.1) is 11.6 Å². The van der Waals surface area contributed by atoms with Crippen LogP contribution >= 0.6 is 23.2 Å². The van der Waals surface area contributed by atoms with Crippen molar-refractivity contribution in [1.29, 1.82) is 0 Å². The number of hydrogen-bond donors (Lipinski definition) is 0. The maximum atomic E-state index is 12.3. The molecule has 0 aromatic rings. The molecule has 1 aliphatic rings. The van der Waals surface area contributed by atoms with E-state index in [1.54, 1.807) is 0 Å². The van der Waals surface area contributed by atoms with Crippen molar-refractivity contribution in [2.45, 2.75) is 24.9 Å². The Morgan fingerprint density at radius 1 is 1.43 bits per heavy atom. The van der Waals surface area contributed by atoms with Crippen LogP contribution < -0.4 is 0 Å². The van der Waals surface area contributed by atoms with Crippen molar-refractivity contribution in [2.75, 3.05) is 0 Å². The highest BCUT2D eigenvalue weighted by Crippen LogP contribution is 2.38. The number of halogens is 5. The molecule has 2 unspecified atom stereocenters. The van der Waals surface area contributed by atoms with Crippen LogP contribution in [0.1, 0.15) is 13.3 Å². The third-order valence-corrected chi connectivity index (χ3v) is 2.96. The van der Waals surface area contributed by atoms with Gasteiger partial charge in [-0.3, -0.25) is 0 Å². The maximum absolute atomic E-state index is 12.3. The minimum atomic E-state index is -4.37. The zero-order chi connectivity index (χ0) is 10.9. The first kappa shape index (κ1) is 11.9. The Morgan fingerprint density at radius 2 is 2.00 bits per heavy atom. The summed E-state index contributed by atoms with van der Waals surface area (Å²) in [6.45, 7) is 1.84. The zero-order valence-electron chi connectivity index (χ0n) is 7.41. The van der Waals surface area contributed by atoms with Gasteiger partial charge in [0.15, 0.2) is 0 Å². The molecule has 0 N–H and O–H groups in total. The lowest BCUT2D eigenvalue weighted by molar-refractivity contribution is -0.0887. The Bertz CT molecular complexity index is 278. The standard InChI is InChI=1S/C9H9Cl2F3/c1-2-6-7(10)3-5(4-8(6)11)9(12,13)14/h3-4,6-7H,2H2,1H3. The fourth-order valence-electron chi connectivity index (χ4n) is 1.34. The Hall–Kier alpha value is -0.150. The molecule has 0 aliphatic heterocycles. The van der Waals surface area contributed by atoms with E-state index in [2.05, 4.69) is 0 Å². The van der Waals surface area contributed by atoms with Crippen LogP contribution in [0.3, 0.4) is 0 Å². The van der Waals surface area contributed by atoms with Crippen molar-refractivity contribution in [3.05, 3.63) is 22.8 Å². The van der Waals surface area contributed by atoms with Crippen LogP contribution in [0.5, 0.6) is 0 Å². The quantitative estimate of drug-likeness (QED) is 0.606. The van der Waals surface area contributed by atoms with Gasteiger partial charge in [0.05, 0.1) is 11.0 Å². The fourth-order valence-corrected chi connectivity index (χ4v) is 2.26. The van der Waals surface area contributed by atoms with E-state index in [0.29, 0.717) is 6.42 Å². The molecule has 1 aliphatic carbocycles. The summed E-state index contributed by atoms with van der Waals surface area (Å²) in [5, 5.41) is -0.489. The van der Waals surface area contributed by atoms with E-state index in [1.165, 1.54) is 0 Å². The molecule has 0 fully saturated rings. The number of allylic oxidation sites excluding steroid dienone is 4. The molecule has 0 amide bonds. The smallest absolute Gasteiger partial charge is 0.166 e. The molecule has 0 spiro atoms. The van der Waals surface area contributed by atoms with E-state index in [4.69, 9.17) is 23.2 Å². The first-order valence-corrected chi connectivity index (χ1v) is 4.98. The highest BCUT2D eigenvalue weighted by molar-refractivity contribution is 6.31. The van der Waals surface area contributed by atoms with Gasteiger partial charge >= 0.3 is 6.18 Å². The van der Waals surface area contributed by atoms with Crippen LogP contribution in [0.15, 0.2) is 22.8 Å². The number of hydrogen-bond acceptors (Lipinski definition) is 0.